The van der Waals surface area contributed by atoms with Gasteiger partial charge in [0.15, 0.2) is 0 Å². The van der Waals surface area contributed by atoms with Gasteiger partial charge in [-0.2, -0.15) is 9.57 Å². The highest BCUT2D eigenvalue weighted by molar-refractivity contribution is 7.89. The lowest BCUT2D eigenvalue weighted by Crippen LogP contribution is -2.39. The molecule has 8 heteroatoms. The molecule has 2 rings (SSSR count). The van der Waals surface area contributed by atoms with E-state index in [-0.39, 0.29) is 21.5 Å². The molecule has 1 aromatic carbocycles. The van der Waals surface area contributed by atoms with Gasteiger partial charge in [-0.1, -0.05) is 11.6 Å². The Bertz CT molecular complexity index is 766. The summed E-state index contributed by atoms with van der Waals surface area (Å²) in [5.41, 5.74) is 0.144. The number of nitriles is 1. The minimum absolute atomic E-state index is 0.0684. The summed E-state index contributed by atoms with van der Waals surface area (Å²) in [6, 6.07) is 3.21. The number of benzene rings is 1. The summed E-state index contributed by atoms with van der Waals surface area (Å²) in [7, 11) is -3.98. The molecule has 0 aromatic heterocycles. The maximum absolute atomic E-state index is 12.8. The Hall–Kier alpha value is -1.62. The molecule has 1 aromatic rings. The lowest BCUT2D eigenvalue weighted by Gasteiger charge is -2.24. The van der Waals surface area contributed by atoms with Crippen LogP contribution in [-0.4, -0.2) is 35.9 Å². The Kier molecular flexibility index (Phi) is 4.47. The van der Waals surface area contributed by atoms with Gasteiger partial charge in [0.25, 0.3) is 0 Å². The Morgan fingerprint density at radius 2 is 2.09 bits per heavy atom. The van der Waals surface area contributed by atoms with Crippen molar-refractivity contribution < 1.29 is 18.3 Å². The molecule has 0 spiro atoms. The van der Waals surface area contributed by atoms with Crippen LogP contribution in [0.15, 0.2) is 17.0 Å². The van der Waals surface area contributed by atoms with Crippen molar-refractivity contribution >= 4 is 27.6 Å². The van der Waals surface area contributed by atoms with Crippen LogP contribution in [0, 0.1) is 18.3 Å². The first-order valence-corrected chi connectivity index (χ1v) is 8.48. The summed E-state index contributed by atoms with van der Waals surface area (Å²) in [5, 5.41) is 18.3. The minimum Gasteiger partial charge on any atom is -0.478 e. The fourth-order valence-electron chi connectivity index (χ4n) is 2.25. The molecule has 1 atom stereocenters. The summed E-state index contributed by atoms with van der Waals surface area (Å²) in [5.74, 6) is -1.25. The van der Waals surface area contributed by atoms with Crippen LogP contribution in [0.3, 0.4) is 0 Å². The predicted octanol–water partition coefficient (Wildman–Crippen LogP) is 2.41. The molecule has 1 saturated carbocycles. The van der Waals surface area contributed by atoms with Crippen molar-refractivity contribution in [2.75, 3.05) is 0 Å². The van der Waals surface area contributed by atoms with Gasteiger partial charge in [0.2, 0.25) is 10.0 Å². The van der Waals surface area contributed by atoms with Gasteiger partial charge < -0.3 is 5.11 Å². The van der Waals surface area contributed by atoms with Gasteiger partial charge >= 0.3 is 5.97 Å². The molecule has 1 aliphatic carbocycles. The second kappa shape index (κ2) is 5.88. The minimum atomic E-state index is -3.98. The Morgan fingerprint density at radius 3 is 2.55 bits per heavy atom. The van der Waals surface area contributed by atoms with E-state index in [1.807, 2.05) is 6.07 Å². The third kappa shape index (κ3) is 2.95. The van der Waals surface area contributed by atoms with Crippen molar-refractivity contribution in [3.05, 3.63) is 28.3 Å². The smallest absolute Gasteiger partial charge is 0.336 e. The van der Waals surface area contributed by atoms with E-state index in [1.165, 1.54) is 19.9 Å². The van der Waals surface area contributed by atoms with Gasteiger partial charge in [0.05, 0.1) is 16.5 Å². The highest BCUT2D eigenvalue weighted by Gasteiger charge is 2.41. The Morgan fingerprint density at radius 1 is 1.50 bits per heavy atom. The molecule has 0 saturated heterocycles. The zero-order valence-electron chi connectivity index (χ0n) is 12.1. The summed E-state index contributed by atoms with van der Waals surface area (Å²) in [6.07, 6.45) is 1.38. The van der Waals surface area contributed by atoms with Crippen LogP contribution in [0.2, 0.25) is 5.02 Å². The van der Waals surface area contributed by atoms with Crippen LogP contribution in [0.4, 0.5) is 0 Å². The first kappa shape index (κ1) is 16.7. The molecule has 22 heavy (non-hydrogen) atoms. The number of halogens is 1. The summed E-state index contributed by atoms with van der Waals surface area (Å²) in [4.78, 5) is 11.0. The van der Waals surface area contributed by atoms with Gasteiger partial charge in [-0.25, -0.2) is 13.2 Å². The molecule has 1 N–H and O–H groups in total. The summed E-state index contributed by atoms with van der Waals surface area (Å²) < 4.78 is 26.7. The molecule has 1 fully saturated rings. The number of sulfonamides is 1. The third-order valence-electron chi connectivity index (χ3n) is 3.60. The molecular weight excluding hydrogens is 328 g/mol. The second-order valence-corrected chi connectivity index (χ2v) is 7.50. The third-order valence-corrected chi connectivity index (χ3v) is 5.99. The number of carboxylic acids is 1. The highest BCUT2D eigenvalue weighted by atomic mass is 35.5. The van der Waals surface area contributed by atoms with E-state index in [4.69, 9.17) is 16.9 Å². The van der Waals surface area contributed by atoms with Crippen molar-refractivity contribution in [1.82, 2.24) is 4.31 Å². The van der Waals surface area contributed by atoms with Gasteiger partial charge in [0.1, 0.15) is 6.04 Å². The molecule has 0 bridgehead atoms. The standard InChI is InChI=1S/C14H15ClN2O4S/c1-8(7-16)17(10-3-4-10)22(20,21)11-5-12(14(18)19)9(2)13(15)6-11/h5-6,8,10H,3-4H2,1-2H3,(H,18,19). The number of hydrogen-bond donors (Lipinski definition) is 1. The van der Waals surface area contributed by atoms with Gasteiger partial charge in [-0.3, -0.25) is 0 Å². The number of carboxylic acid groups (broad SMARTS) is 1. The highest BCUT2D eigenvalue weighted by Crippen LogP contribution is 2.35. The molecule has 0 radical (unpaired) electrons. The molecule has 0 heterocycles. The molecule has 1 unspecified atom stereocenters. The van der Waals surface area contributed by atoms with Crippen molar-refractivity contribution in [3.8, 4) is 6.07 Å². The molecular formula is C14H15ClN2O4S. The molecule has 1 aliphatic rings. The molecule has 0 amide bonds. The van der Waals surface area contributed by atoms with Crippen molar-refractivity contribution in [1.29, 1.82) is 5.26 Å². The second-order valence-electron chi connectivity index (χ2n) is 5.25. The van der Waals surface area contributed by atoms with E-state index < -0.39 is 22.0 Å². The summed E-state index contributed by atoms with van der Waals surface area (Å²) >= 11 is 5.97. The van der Waals surface area contributed by atoms with Crippen LogP contribution < -0.4 is 0 Å². The Labute approximate surface area is 134 Å². The SMILES string of the molecule is Cc1c(Cl)cc(S(=O)(=O)N(C(C)C#N)C2CC2)cc1C(=O)O. The average Bonchev–Trinajstić information content (AvgIpc) is 3.25. The number of nitrogens with zero attached hydrogens (tertiary/aromatic N) is 2. The van der Waals surface area contributed by atoms with Crippen LogP contribution in [0.5, 0.6) is 0 Å². The van der Waals surface area contributed by atoms with Crippen LogP contribution >= 0.6 is 11.6 Å². The first-order valence-electron chi connectivity index (χ1n) is 6.66. The number of rotatable bonds is 5. The van der Waals surface area contributed by atoms with E-state index >= 15 is 0 Å². The molecule has 0 aliphatic heterocycles. The normalized spacial score (nSPS) is 16.3. The van der Waals surface area contributed by atoms with E-state index in [0.717, 1.165) is 10.4 Å². The van der Waals surface area contributed by atoms with Crippen LogP contribution in [0.25, 0.3) is 0 Å². The maximum atomic E-state index is 12.8. The molecule has 6 nitrogen and oxygen atoms in total. The van der Waals surface area contributed by atoms with E-state index in [9.17, 15) is 18.3 Å². The lowest BCUT2D eigenvalue weighted by molar-refractivity contribution is 0.0696. The first-order chi connectivity index (χ1) is 10.2. The lowest BCUT2D eigenvalue weighted by atomic mass is 10.1. The maximum Gasteiger partial charge on any atom is 0.336 e. The van der Waals surface area contributed by atoms with E-state index in [2.05, 4.69) is 0 Å². The fourth-order valence-corrected chi connectivity index (χ4v) is 4.38. The predicted molar refractivity (Wildman–Crippen MR) is 80.3 cm³/mol. The van der Waals surface area contributed by atoms with Crippen molar-refractivity contribution in [2.45, 2.75) is 43.7 Å². The van der Waals surface area contributed by atoms with Crippen LogP contribution in [-0.2, 0) is 10.0 Å². The van der Waals surface area contributed by atoms with E-state index in [0.29, 0.717) is 18.4 Å². The van der Waals surface area contributed by atoms with Gasteiger partial charge in [0, 0.05) is 11.1 Å². The molecule has 118 valence electrons. The number of carbonyl (C=O) groups is 1. The number of hydrogen-bond acceptors (Lipinski definition) is 4. The summed E-state index contributed by atoms with van der Waals surface area (Å²) in [6.45, 7) is 3.02. The zero-order chi connectivity index (χ0) is 16.7. The Balaban J connectivity index is 2.58. The van der Waals surface area contributed by atoms with Gasteiger partial charge in [-0.05, 0) is 44.4 Å². The van der Waals surface area contributed by atoms with Crippen molar-refractivity contribution in [2.24, 2.45) is 0 Å². The van der Waals surface area contributed by atoms with E-state index in [1.54, 1.807) is 0 Å². The average molecular weight is 343 g/mol. The topological polar surface area (TPSA) is 98.5 Å². The van der Waals surface area contributed by atoms with Crippen molar-refractivity contribution in [3.63, 3.8) is 0 Å². The monoisotopic (exact) mass is 342 g/mol. The van der Waals surface area contributed by atoms with Gasteiger partial charge in [-0.15, -0.1) is 0 Å². The zero-order valence-corrected chi connectivity index (χ0v) is 13.6. The fraction of sp³-hybridized carbons (Fsp3) is 0.429. The quantitative estimate of drug-likeness (QED) is 0.885. The largest absolute Gasteiger partial charge is 0.478 e. The van der Waals surface area contributed by atoms with Crippen LogP contribution in [0.1, 0.15) is 35.7 Å². The number of aromatic carboxylic acids is 1.